The van der Waals surface area contributed by atoms with Gasteiger partial charge in [0, 0.05) is 11.6 Å². The summed E-state index contributed by atoms with van der Waals surface area (Å²) in [6, 6.07) is 19.8. The number of carbonyl (C=O) groups excluding carboxylic acids is 1. The first kappa shape index (κ1) is 13.9. The van der Waals surface area contributed by atoms with Crippen LogP contribution >= 0.6 is 0 Å². The zero-order chi connectivity index (χ0) is 15.7. The van der Waals surface area contributed by atoms with Crippen molar-refractivity contribution in [2.75, 3.05) is 0 Å². The van der Waals surface area contributed by atoms with Crippen LogP contribution < -0.4 is 5.32 Å². The highest BCUT2D eigenvalue weighted by molar-refractivity contribution is 6.06. The van der Waals surface area contributed by atoms with Crippen LogP contribution in [0.5, 0.6) is 0 Å². The fourth-order valence-corrected chi connectivity index (χ4v) is 3.35. The van der Waals surface area contributed by atoms with Gasteiger partial charge in [0.2, 0.25) is 0 Å². The molecule has 0 saturated heterocycles. The summed E-state index contributed by atoms with van der Waals surface area (Å²) in [6.07, 6.45) is 4.83. The summed E-state index contributed by atoms with van der Waals surface area (Å²) in [4.78, 5) is 17.2. The minimum absolute atomic E-state index is 0.0212. The number of benzene rings is 2. The standard InChI is InChI=1S/C20H18N2O/c23-19(17-11-14-21-18-10-5-4-9-16(17)18)22-20(12-6-13-20)15-7-2-1-3-8-15/h1-5,7-11,14H,6,12-13H2,(H,22,23). The van der Waals surface area contributed by atoms with E-state index in [2.05, 4.69) is 22.4 Å². The summed E-state index contributed by atoms with van der Waals surface area (Å²) in [5, 5.41) is 4.19. The molecule has 1 amide bonds. The number of aromatic nitrogens is 1. The molecule has 23 heavy (non-hydrogen) atoms. The predicted molar refractivity (Wildman–Crippen MR) is 91.2 cm³/mol. The lowest BCUT2D eigenvalue weighted by atomic mass is 9.71. The van der Waals surface area contributed by atoms with E-state index in [1.807, 2.05) is 42.5 Å². The number of nitrogens with zero attached hydrogens (tertiary/aromatic N) is 1. The molecule has 4 rings (SSSR count). The molecule has 0 aliphatic heterocycles. The number of hydrogen-bond donors (Lipinski definition) is 1. The Morgan fingerprint density at radius 3 is 2.43 bits per heavy atom. The number of amides is 1. The smallest absolute Gasteiger partial charge is 0.252 e. The van der Waals surface area contributed by atoms with E-state index >= 15 is 0 Å². The molecule has 1 heterocycles. The first-order valence-electron chi connectivity index (χ1n) is 8.00. The van der Waals surface area contributed by atoms with Gasteiger partial charge in [-0.1, -0.05) is 48.5 Å². The fourth-order valence-electron chi connectivity index (χ4n) is 3.35. The number of hydrogen-bond acceptors (Lipinski definition) is 2. The van der Waals surface area contributed by atoms with Gasteiger partial charge in [-0.25, -0.2) is 0 Å². The average Bonchev–Trinajstić information content (AvgIpc) is 2.58. The molecule has 114 valence electrons. The number of pyridine rings is 1. The van der Waals surface area contributed by atoms with Gasteiger partial charge >= 0.3 is 0 Å². The van der Waals surface area contributed by atoms with Gasteiger partial charge < -0.3 is 5.32 Å². The first-order chi connectivity index (χ1) is 11.3. The second kappa shape index (κ2) is 5.51. The van der Waals surface area contributed by atoms with Crippen LogP contribution in [0.1, 0.15) is 35.2 Å². The van der Waals surface area contributed by atoms with E-state index in [1.54, 1.807) is 12.3 Å². The Morgan fingerprint density at radius 1 is 0.957 bits per heavy atom. The Bertz CT molecular complexity index is 848. The third-order valence-electron chi connectivity index (χ3n) is 4.78. The van der Waals surface area contributed by atoms with Crippen molar-refractivity contribution in [1.82, 2.24) is 10.3 Å². The van der Waals surface area contributed by atoms with Crippen LogP contribution in [-0.4, -0.2) is 10.9 Å². The van der Waals surface area contributed by atoms with Crippen molar-refractivity contribution >= 4 is 16.8 Å². The molecular weight excluding hydrogens is 284 g/mol. The molecule has 3 aromatic rings. The Labute approximate surface area is 135 Å². The van der Waals surface area contributed by atoms with Crippen molar-refractivity contribution < 1.29 is 4.79 Å². The van der Waals surface area contributed by atoms with Crippen molar-refractivity contribution in [1.29, 1.82) is 0 Å². The summed E-state index contributed by atoms with van der Waals surface area (Å²) >= 11 is 0. The van der Waals surface area contributed by atoms with E-state index in [0.29, 0.717) is 5.56 Å². The molecule has 1 fully saturated rings. The van der Waals surface area contributed by atoms with E-state index in [1.165, 1.54) is 5.56 Å². The highest BCUT2D eigenvalue weighted by Gasteiger charge is 2.40. The molecule has 1 saturated carbocycles. The normalized spacial score (nSPS) is 15.8. The number of carbonyl (C=O) groups is 1. The van der Waals surface area contributed by atoms with Crippen molar-refractivity contribution in [3.63, 3.8) is 0 Å². The topological polar surface area (TPSA) is 42.0 Å². The molecule has 3 heteroatoms. The van der Waals surface area contributed by atoms with E-state index < -0.39 is 0 Å². The maximum Gasteiger partial charge on any atom is 0.252 e. The molecule has 1 aliphatic carbocycles. The van der Waals surface area contributed by atoms with Crippen LogP contribution in [0.2, 0.25) is 0 Å². The van der Waals surface area contributed by atoms with Crippen LogP contribution in [0.4, 0.5) is 0 Å². The van der Waals surface area contributed by atoms with Crippen molar-refractivity contribution in [3.8, 4) is 0 Å². The Morgan fingerprint density at radius 2 is 1.70 bits per heavy atom. The van der Waals surface area contributed by atoms with Crippen molar-refractivity contribution in [3.05, 3.63) is 78.0 Å². The minimum Gasteiger partial charge on any atom is -0.343 e. The van der Waals surface area contributed by atoms with Crippen LogP contribution in [-0.2, 0) is 5.54 Å². The lowest BCUT2D eigenvalue weighted by Crippen LogP contribution is -2.50. The average molecular weight is 302 g/mol. The zero-order valence-electron chi connectivity index (χ0n) is 12.8. The monoisotopic (exact) mass is 302 g/mol. The SMILES string of the molecule is O=C(NC1(c2ccccc2)CCC1)c1ccnc2ccccc12. The van der Waals surface area contributed by atoms with Gasteiger partial charge in [0.05, 0.1) is 16.6 Å². The van der Waals surface area contributed by atoms with E-state index in [0.717, 1.165) is 30.2 Å². The maximum atomic E-state index is 12.9. The van der Waals surface area contributed by atoms with Gasteiger partial charge in [-0.05, 0) is 37.0 Å². The molecule has 2 aromatic carbocycles. The highest BCUT2D eigenvalue weighted by Crippen LogP contribution is 2.41. The van der Waals surface area contributed by atoms with Gasteiger partial charge in [-0.3, -0.25) is 9.78 Å². The third-order valence-corrected chi connectivity index (χ3v) is 4.78. The van der Waals surface area contributed by atoms with E-state index in [-0.39, 0.29) is 11.4 Å². The van der Waals surface area contributed by atoms with Gasteiger partial charge in [0.25, 0.3) is 5.91 Å². The zero-order valence-corrected chi connectivity index (χ0v) is 12.8. The summed E-state index contributed by atoms with van der Waals surface area (Å²) < 4.78 is 0. The second-order valence-electron chi connectivity index (χ2n) is 6.13. The molecule has 0 atom stereocenters. The van der Waals surface area contributed by atoms with Gasteiger partial charge in [0.1, 0.15) is 0 Å². The van der Waals surface area contributed by atoms with Crippen LogP contribution in [0.3, 0.4) is 0 Å². The third kappa shape index (κ3) is 2.38. The van der Waals surface area contributed by atoms with E-state index in [9.17, 15) is 4.79 Å². The molecule has 0 unspecified atom stereocenters. The molecule has 0 radical (unpaired) electrons. The molecular formula is C20H18N2O. The van der Waals surface area contributed by atoms with Crippen LogP contribution in [0.25, 0.3) is 10.9 Å². The molecule has 1 aromatic heterocycles. The molecule has 1 N–H and O–H groups in total. The Balaban J connectivity index is 1.69. The summed E-state index contributed by atoms with van der Waals surface area (Å²) in [6.45, 7) is 0. The van der Waals surface area contributed by atoms with Crippen LogP contribution in [0.15, 0.2) is 66.9 Å². The predicted octanol–water partition coefficient (Wildman–Crippen LogP) is 4.04. The second-order valence-corrected chi connectivity index (χ2v) is 6.13. The molecule has 3 nitrogen and oxygen atoms in total. The Kier molecular flexibility index (Phi) is 3.34. The Hall–Kier alpha value is -2.68. The van der Waals surface area contributed by atoms with Crippen molar-refractivity contribution in [2.45, 2.75) is 24.8 Å². The number of para-hydroxylation sites is 1. The fraction of sp³-hybridized carbons (Fsp3) is 0.200. The van der Waals surface area contributed by atoms with Crippen LogP contribution in [0, 0.1) is 0 Å². The van der Waals surface area contributed by atoms with Gasteiger partial charge in [0.15, 0.2) is 0 Å². The summed E-state index contributed by atoms with van der Waals surface area (Å²) in [5.41, 5.74) is 2.51. The van der Waals surface area contributed by atoms with E-state index in [4.69, 9.17) is 0 Å². The first-order valence-corrected chi connectivity index (χ1v) is 8.00. The number of rotatable bonds is 3. The lowest BCUT2D eigenvalue weighted by molar-refractivity contribution is 0.0825. The lowest BCUT2D eigenvalue weighted by Gasteiger charge is -2.43. The summed E-state index contributed by atoms with van der Waals surface area (Å²) in [5.74, 6) is -0.0212. The van der Waals surface area contributed by atoms with Crippen molar-refractivity contribution in [2.24, 2.45) is 0 Å². The number of fused-ring (bicyclic) bond motifs is 1. The summed E-state index contributed by atoms with van der Waals surface area (Å²) in [7, 11) is 0. The highest BCUT2D eigenvalue weighted by atomic mass is 16.1. The quantitative estimate of drug-likeness (QED) is 0.793. The maximum absolute atomic E-state index is 12.9. The van der Waals surface area contributed by atoms with Gasteiger partial charge in [-0.15, -0.1) is 0 Å². The largest absolute Gasteiger partial charge is 0.343 e. The number of nitrogens with one attached hydrogen (secondary N) is 1. The molecule has 1 aliphatic rings. The molecule has 0 spiro atoms. The molecule has 0 bridgehead atoms. The minimum atomic E-state index is -0.220. The van der Waals surface area contributed by atoms with Gasteiger partial charge in [-0.2, -0.15) is 0 Å².